The van der Waals surface area contributed by atoms with E-state index in [1.165, 1.54) is 44.4 Å². The number of rotatable bonds is 31. The standard InChI is InChI=1S/C51H77BrN8O13S/c1-14-28(5)35(22-42(64)51(9,10)59(11)12)49(70)60(13)39(27(3)4)23-41(73-31(8)61)48-58-38(26-74-48)47(69)55-33(18-29(6)50(71)72)19-32-16-17-40(63)36(20-32)56-44(66)25-53-45(67)30(7)54-46(68)37(21-34(62)24-52)57-43(65)15-2/h16-17,20,26-30,33,35,37,39,41,63H,14-15,18-19,21-25H2,1-13H3,(H,53,67)(H,54,68)(H,55,69)(H,56,66)(H,57,65)(H,71,72)/t28-,29?,30?,33+,35-,37?,39+,41+/m0/s1. The lowest BCUT2D eigenvalue weighted by Gasteiger charge is -2.38. The molecule has 21 nitrogen and oxygen atoms in total. The van der Waals surface area contributed by atoms with Gasteiger partial charge < -0.3 is 46.4 Å². The Hall–Kier alpha value is -5.81. The second kappa shape index (κ2) is 29.9. The molecule has 1 aromatic carbocycles. The van der Waals surface area contributed by atoms with Gasteiger partial charge in [-0.15, -0.1) is 11.3 Å². The molecule has 3 unspecified atom stereocenters. The van der Waals surface area contributed by atoms with Gasteiger partial charge in [-0.3, -0.25) is 52.8 Å². The van der Waals surface area contributed by atoms with Gasteiger partial charge in [0, 0.05) is 63.0 Å². The minimum absolute atomic E-state index is 0.0286. The van der Waals surface area contributed by atoms with Gasteiger partial charge in [0.05, 0.1) is 29.0 Å². The number of amides is 6. The highest BCUT2D eigenvalue weighted by atomic mass is 79.9. The zero-order valence-corrected chi connectivity index (χ0v) is 47.3. The molecule has 0 saturated heterocycles. The molecule has 7 N–H and O–H groups in total. The summed E-state index contributed by atoms with van der Waals surface area (Å²) in [6.45, 7) is 16.5. The summed E-state index contributed by atoms with van der Waals surface area (Å²) < 4.78 is 5.78. The minimum atomic E-state index is -1.23. The number of benzene rings is 1. The Morgan fingerprint density at radius 1 is 0.878 bits per heavy atom. The molecule has 0 aliphatic carbocycles. The second-order valence-corrected chi connectivity index (χ2v) is 21.2. The summed E-state index contributed by atoms with van der Waals surface area (Å²) in [4.78, 5) is 137. The summed E-state index contributed by atoms with van der Waals surface area (Å²) in [6, 6.07) is 0.528. The van der Waals surface area contributed by atoms with E-state index in [1.54, 1.807) is 18.9 Å². The van der Waals surface area contributed by atoms with Gasteiger partial charge >= 0.3 is 11.9 Å². The van der Waals surface area contributed by atoms with E-state index in [4.69, 9.17) is 4.74 Å². The Labute approximate surface area is 446 Å². The molecular weight excluding hydrogens is 1040 g/mol. The van der Waals surface area contributed by atoms with Crippen LogP contribution in [0, 0.1) is 23.7 Å². The van der Waals surface area contributed by atoms with Crippen LogP contribution in [0.2, 0.25) is 0 Å². The van der Waals surface area contributed by atoms with Crippen LogP contribution in [-0.4, -0.2) is 147 Å². The average Bonchev–Trinajstić information content (AvgIpc) is 3.84. The number of aromatic nitrogens is 1. The number of thiazole rings is 1. The normalized spacial score (nSPS) is 14.8. The molecule has 23 heteroatoms. The number of carbonyl (C=O) groups excluding carboxylic acids is 9. The van der Waals surface area contributed by atoms with Crippen LogP contribution in [0.15, 0.2) is 23.6 Å². The van der Waals surface area contributed by atoms with Crippen LogP contribution < -0.4 is 26.6 Å². The number of hydrogen-bond donors (Lipinski definition) is 7. The first kappa shape index (κ1) is 64.3. The van der Waals surface area contributed by atoms with Gasteiger partial charge in [-0.2, -0.15) is 0 Å². The monoisotopic (exact) mass is 1120 g/mol. The lowest BCUT2D eigenvalue weighted by molar-refractivity contribution is -0.150. The van der Waals surface area contributed by atoms with E-state index in [2.05, 4.69) is 47.5 Å². The molecule has 0 spiro atoms. The van der Waals surface area contributed by atoms with Crippen LogP contribution >= 0.6 is 27.3 Å². The molecule has 8 atom stereocenters. The van der Waals surface area contributed by atoms with Gasteiger partial charge in [0.2, 0.25) is 29.5 Å². The lowest BCUT2D eigenvalue weighted by Crippen LogP contribution is -2.53. The molecule has 0 aliphatic rings. The molecule has 6 amide bonds. The number of carbonyl (C=O) groups is 10. The number of hydrogen-bond acceptors (Lipinski definition) is 15. The van der Waals surface area contributed by atoms with E-state index in [-0.39, 0.29) is 95.3 Å². The van der Waals surface area contributed by atoms with E-state index >= 15 is 0 Å². The Kier molecular flexibility index (Phi) is 26.0. The fourth-order valence-electron chi connectivity index (χ4n) is 7.73. The number of ketones is 2. The van der Waals surface area contributed by atoms with E-state index < -0.39 is 95.7 Å². The van der Waals surface area contributed by atoms with E-state index in [0.717, 1.165) is 11.3 Å². The number of nitrogens with one attached hydrogen (secondary N) is 5. The molecule has 0 saturated carbocycles. The number of Topliss-reactive ketones (excluding diaryl/α,β-unsaturated/α-hetero) is 2. The number of halogens is 1. The number of phenolic OH excluding ortho intramolecular Hbond substituents is 1. The average molecular weight is 1120 g/mol. The number of phenols is 1. The Bertz CT molecular complexity index is 2310. The summed E-state index contributed by atoms with van der Waals surface area (Å²) in [5.74, 6) is -7.91. The summed E-state index contributed by atoms with van der Waals surface area (Å²) in [5, 5.41) is 34.8. The first-order valence-corrected chi connectivity index (χ1v) is 26.7. The minimum Gasteiger partial charge on any atom is -0.506 e. The molecule has 0 fully saturated rings. The number of ether oxygens (including phenoxy) is 1. The summed E-state index contributed by atoms with van der Waals surface area (Å²) in [6.07, 6.45) is -0.391. The van der Waals surface area contributed by atoms with Crippen molar-refractivity contribution < 1.29 is 62.9 Å². The number of nitrogens with zero attached hydrogens (tertiary/aromatic N) is 3. The predicted octanol–water partition coefficient (Wildman–Crippen LogP) is 4.55. The van der Waals surface area contributed by atoms with Gasteiger partial charge in [0.1, 0.15) is 34.3 Å². The molecule has 2 rings (SSSR count). The Morgan fingerprint density at radius 3 is 2.08 bits per heavy atom. The highest BCUT2D eigenvalue weighted by Crippen LogP contribution is 2.33. The highest BCUT2D eigenvalue weighted by molar-refractivity contribution is 9.09. The summed E-state index contributed by atoms with van der Waals surface area (Å²) >= 11 is 4.09. The van der Waals surface area contributed by atoms with Gasteiger partial charge in [-0.05, 0) is 77.2 Å². The van der Waals surface area contributed by atoms with Gasteiger partial charge in [0.15, 0.2) is 11.9 Å². The van der Waals surface area contributed by atoms with Crippen molar-refractivity contribution >= 4 is 91.9 Å². The number of aliphatic carboxylic acids is 1. The molecular formula is C51H77BrN8O13S. The van der Waals surface area contributed by atoms with Crippen molar-refractivity contribution in [3.63, 3.8) is 0 Å². The number of carboxylic acid groups (broad SMARTS) is 1. The van der Waals surface area contributed by atoms with Crippen molar-refractivity contribution in [1.82, 2.24) is 36.1 Å². The molecule has 412 valence electrons. The van der Waals surface area contributed by atoms with Crippen LogP contribution in [0.4, 0.5) is 5.69 Å². The zero-order valence-electron chi connectivity index (χ0n) is 44.9. The zero-order chi connectivity index (χ0) is 56.4. The molecule has 74 heavy (non-hydrogen) atoms. The van der Waals surface area contributed by atoms with Crippen LogP contribution in [0.1, 0.15) is 135 Å². The maximum absolute atomic E-state index is 14.3. The first-order valence-electron chi connectivity index (χ1n) is 24.7. The Morgan fingerprint density at radius 2 is 1.53 bits per heavy atom. The summed E-state index contributed by atoms with van der Waals surface area (Å²) in [7, 11) is 5.32. The van der Waals surface area contributed by atoms with Gasteiger partial charge in [0.25, 0.3) is 5.91 Å². The van der Waals surface area contributed by atoms with Crippen molar-refractivity contribution in [3.8, 4) is 5.75 Å². The molecule has 1 heterocycles. The number of likely N-dealkylation sites (N-methyl/N-ethyl adjacent to an activating group) is 1. The van der Waals surface area contributed by atoms with Crippen LogP contribution in [0.5, 0.6) is 5.75 Å². The molecule has 1 aromatic heterocycles. The number of esters is 1. The third-order valence-corrected chi connectivity index (χ3v) is 14.8. The number of carboxylic acids is 1. The van der Waals surface area contributed by atoms with Crippen molar-refractivity contribution in [1.29, 1.82) is 0 Å². The topological polar surface area (TPSA) is 300 Å². The highest BCUT2D eigenvalue weighted by Gasteiger charge is 2.39. The van der Waals surface area contributed by atoms with E-state index in [0.29, 0.717) is 12.0 Å². The van der Waals surface area contributed by atoms with Crippen LogP contribution in [0.3, 0.4) is 0 Å². The third kappa shape index (κ3) is 19.8. The number of anilines is 1. The maximum atomic E-state index is 14.3. The van der Waals surface area contributed by atoms with E-state index in [9.17, 15) is 58.2 Å². The van der Waals surface area contributed by atoms with Gasteiger partial charge in [-0.25, -0.2) is 4.98 Å². The van der Waals surface area contributed by atoms with Crippen LogP contribution in [0.25, 0.3) is 0 Å². The van der Waals surface area contributed by atoms with Gasteiger partial charge in [-0.1, -0.05) is 70.0 Å². The lowest BCUT2D eigenvalue weighted by atomic mass is 9.81. The maximum Gasteiger partial charge on any atom is 0.306 e. The molecule has 0 bridgehead atoms. The fourth-order valence-corrected chi connectivity index (χ4v) is 8.80. The van der Waals surface area contributed by atoms with Crippen molar-refractivity contribution in [2.24, 2.45) is 23.7 Å². The molecule has 2 aromatic rings. The number of alkyl halides is 1. The third-order valence-electron chi connectivity index (χ3n) is 13.2. The largest absolute Gasteiger partial charge is 0.506 e. The van der Waals surface area contributed by atoms with Crippen molar-refractivity contribution in [2.75, 3.05) is 38.3 Å². The number of aromatic hydroxyl groups is 1. The summed E-state index contributed by atoms with van der Waals surface area (Å²) in [5.41, 5.74) is -0.424. The molecule has 0 aliphatic heterocycles. The quantitative estimate of drug-likeness (QED) is 0.0310. The Balaban J connectivity index is 2.30. The smallest absolute Gasteiger partial charge is 0.306 e. The van der Waals surface area contributed by atoms with Crippen molar-refractivity contribution in [3.05, 3.63) is 39.8 Å². The van der Waals surface area contributed by atoms with E-state index in [1.807, 2.05) is 60.5 Å². The fraction of sp³-hybridized carbons (Fsp3) is 0.627. The first-order chi connectivity index (χ1) is 34.5. The van der Waals surface area contributed by atoms with Crippen molar-refractivity contribution in [2.45, 2.75) is 150 Å². The SMILES string of the molecule is CCC(=O)NC(CC(=O)CBr)C(=O)NC(C)C(=O)NCC(=O)Nc1cc(C[C@@H](CC(C)C(=O)O)NC(=O)c2csc([C@@H](C[C@H](C(C)C)N(C)C(=O)[C@@H](CC(=O)C(C)(C)N(C)C)[C@@H](C)CC)OC(C)=O)n2)ccc1O. The molecule has 0 radical (unpaired) electrons. The second-order valence-electron chi connectivity index (χ2n) is 19.8. The predicted molar refractivity (Wildman–Crippen MR) is 282 cm³/mol. The van der Waals surface area contributed by atoms with Crippen LogP contribution in [-0.2, 0) is 54.3 Å².